The average Bonchev–Trinajstić information content (AvgIpc) is 2.73. The number of hydrogen-bond acceptors (Lipinski definition) is 3. The van der Waals surface area contributed by atoms with E-state index in [1.165, 1.54) is 32.1 Å². The van der Waals surface area contributed by atoms with E-state index in [1.807, 2.05) is 0 Å². The van der Waals surface area contributed by atoms with Crippen molar-refractivity contribution in [3.63, 3.8) is 0 Å². The molecule has 1 saturated carbocycles. The fourth-order valence-electron chi connectivity index (χ4n) is 3.12. The lowest BCUT2D eigenvalue weighted by molar-refractivity contribution is -0.121. The highest BCUT2D eigenvalue weighted by Gasteiger charge is 2.39. The van der Waals surface area contributed by atoms with Crippen molar-refractivity contribution in [2.75, 3.05) is 13.1 Å². The van der Waals surface area contributed by atoms with Crippen molar-refractivity contribution in [1.82, 2.24) is 4.90 Å². The van der Waals surface area contributed by atoms with Crippen molar-refractivity contribution in [3.05, 3.63) is 5.92 Å². The summed E-state index contributed by atoms with van der Waals surface area (Å²) in [5, 5.41) is 8.99. The zero-order valence-corrected chi connectivity index (χ0v) is 10.2. The van der Waals surface area contributed by atoms with Gasteiger partial charge in [-0.3, -0.25) is 9.69 Å². The van der Waals surface area contributed by atoms with Gasteiger partial charge >= 0.3 is 0 Å². The van der Waals surface area contributed by atoms with Crippen LogP contribution in [0.1, 0.15) is 38.5 Å². The first-order valence-corrected chi connectivity index (χ1v) is 6.51. The fourth-order valence-corrected chi connectivity index (χ4v) is 3.12. The topological polar surface area (TPSA) is 70.1 Å². The van der Waals surface area contributed by atoms with E-state index >= 15 is 0 Å². The molecule has 2 fully saturated rings. The molecule has 0 spiro atoms. The molecule has 0 aromatic heterocycles. The van der Waals surface area contributed by atoms with Crippen LogP contribution in [0.25, 0.3) is 0 Å². The molecule has 4 heteroatoms. The molecule has 1 radical (unpaired) electrons. The Balaban J connectivity index is 1.95. The van der Waals surface area contributed by atoms with Crippen molar-refractivity contribution in [3.8, 4) is 6.07 Å². The second-order valence-electron chi connectivity index (χ2n) is 5.19. The van der Waals surface area contributed by atoms with Crippen LogP contribution in [-0.4, -0.2) is 29.9 Å². The van der Waals surface area contributed by atoms with Crippen LogP contribution in [0.3, 0.4) is 0 Å². The summed E-state index contributed by atoms with van der Waals surface area (Å²) in [5.74, 6) is 0.965. The molecular weight excluding hydrogens is 214 g/mol. The highest BCUT2D eigenvalue weighted by Crippen LogP contribution is 2.30. The van der Waals surface area contributed by atoms with Gasteiger partial charge in [0.05, 0.1) is 6.07 Å². The maximum Gasteiger partial charge on any atom is 0.236 e. The van der Waals surface area contributed by atoms with Crippen LogP contribution in [0.5, 0.6) is 0 Å². The zero-order valence-electron chi connectivity index (χ0n) is 10.2. The first-order valence-electron chi connectivity index (χ1n) is 6.51. The fraction of sp³-hybridized carbons (Fsp3) is 0.769. The van der Waals surface area contributed by atoms with Gasteiger partial charge in [0, 0.05) is 13.1 Å². The van der Waals surface area contributed by atoms with Crippen LogP contribution in [0.2, 0.25) is 0 Å². The molecule has 4 nitrogen and oxygen atoms in total. The van der Waals surface area contributed by atoms with Gasteiger partial charge in [-0.2, -0.15) is 5.26 Å². The van der Waals surface area contributed by atoms with E-state index in [4.69, 9.17) is 11.0 Å². The number of hydrogen-bond donors (Lipinski definition) is 1. The number of carbonyl (C=O) groups is 1. The van der Waals surface area contributed by atoms with Crippen LogP contribution in [0.4, 0.5) is 0 Å². The molecule has 1 aliphatic heterocycles. The molecule has 2 N–H and O–H groups in total. The van der Waals surface area contributed by atoms with Crippen LogP contribution in [0.15, 0.2) is 0 Å². The number of primary amides is 1. The van der Waals surface area contributed by atoms with Gasteiger partial charge in [-0.25, -0.2) is 0 Å². The lowest BCUT2D eigenvalue weighted by Gasteiger charge is -2.29. The van der Waals surface area contributed by atoms with Crippen molar-refractivity contribution in [2.45, 2.75) is 44.6 Å². The van der Waals surface area contributed by atoms with E-state index in [-0.39, 0.29) is 5.91 Å². The lowest BCUT2D eigenvalue weighted by atomic mass is 9.88. The van der Waals surface area contributed by atoms with E-state index in [9.17, 15) is 4.79 Å². The monoisotopic (exact) mass is 234 g/mol. The van der Waals surface area contributed by atoms with E-state index in [0.29, 0.717) is 18.3 Å². The molecule has 1 heterocycles. The minimum absolute atomic E-state index is 0.366. The highest BCUT2D eigenvalue weighted by molar-refractivity contribution is 5.84. The number of nitriles is 1. The summed E-state index contributed by atoms with van der Waals surface area (Å²) in [6.07, 6.45) is 7.15. The van der Waals surface area contributed by atoms with Crippen molar-refractivity contribution < 1.29 is 4.79 Å². The normalized spacial score (nSPS) is 28.1. The van der Waals surface area contributed by atoms with Crippen molar-refractivity contribution >= 4 is 5.91 Å². The second kappa shape index (κ2) is 5.50. The van der Waals surface area contributed by atoms with Gasteiger partial charge in [0.25, 0.3) is 0 Å². The molecule has 1 atom stereocenters. The summed E-state index contributed by atoms with van der Waals surface area (Å²) in [6.45, 7) is 1.74. The minimum atomic E-state index is -0.429. The number of nitrogens with two attached hydrogens (primary N) is 1. The molecule has 2 aliphatic rings. The smallest absolute Gasteiger partial charge is 0.236 e. The Bertz CT molecular complexity index is 317. The number of rotatable bonds is 3. The van der Waals surface area contributed by atoms with Gasteiger partial charge in [-0.1, -0.05) is 19.3 Å². The Morgan fingerprint density at radius 2 is 2.12 bits per heavy atom. The quantitative estimate of drug-likeness (QED) is 0.798. The molecule has 2 rings (SSSR count). The van der Waals surface area contributed by atoms with Gasteiger partial charge in [-0.05, 0) is 25.2 Å². The molecule has 1 aliphatic carbocycles. The Hall–Kier alpha value is -1.08. The standard InChI is InChI=1S/C13H20N3O/c14-8-11-6-7-16(12(11)13(15)17)9-10-4-2-1-3-5-10/h10,12H,1-7,9H2,(H2,15,17). The van der Waals surface area contributed by atoms with Crippen molar-refractivity contribution in [1.29, 1.82) is 5.26 Å². The molecule has 1 saturated heterocycles. The Labute approximate surface area is 103 Å². The van der Waals surface area contributed by atoms with Gasteiger partial charge in [0.2, 0.25) is 5.91 Å². The third-order valence-corrected chi connectivity index (χ3v) is 3.99. The summed E-state index contributed by atoms with van der Waals surface area (Å²) >= 11 is 0. The highest BCUT2D eigenvalue weighted by atomic mass is 16.1. The number of nitrogens with zero attached hydrogens (tertiary/aromatic N) is 2. The minimum Gasteiger partial charge on any atom is -0.368 e. The van der Waals surface area contributed by atoms with Gasteiger partial charge in [0.15, 0.2) is 0 Å². The summed E-state index contributed by atoms with van der Waals surface area (Å²) in [4.78, 5) is 13.5. The number of amides is 1. The first-order chi connectivity index (χ1) is 8.22. The largest absolute Gasteiger partial charge is 0.368 e. The Kier molecular flexibility index (Phi) is 4.01. The molecule has 17 heavy (non-hydrogen) atoms. The second-order valence-corrected chi connectivity index (χ2v) is 5.19. The summed E-state index contributed by atoms with van der Waals surface area (Å²) in [5.41, 5.74) is 5.41. The molecular formula is C13H20N3O. The summed E-state index contributed by atoms with van der Waals surface area (Å²) < 4.78 is 0. The molecule has 1 unspecified atom stereocenters. The zero-order chi connectivity index (χ0) is 12.3. The molecule has 0 bridgehead atoms. The first kappa shape index (κ1) is 12.4. The van der Waals surface area contributed by atoms with Gasteiger partial charge < -0.3 is 5.73 Å². The Morgan fingerprint density at radius 3 is 2.71 bits per heavy atom. The molecule has 0 aromatic carbocycles. The predicted molar refractivity (Wildman–Crippen MR) is 64.6 cm³/mol. The van der Waals surface area contributed by atoms with E-state index in [1.54, 1.807) is 0 Å². The molecule has 93 valence electrons. The lowest BCUT2D eigenvalue weighted by Crippen LogP contribution is -2.44. The maximum absolute atomic E-state index is 11.4. The third-order valence-electron chi connectivity index (χ3n) is 3.99. The molecule has 0 aromatic rings. The van der Waals surface area contributed by atoms with Crippen LogP contribution < -0.4 is 5.73 Å². The van der Waals surface area contributed by atoms with Crippen LogP contribution in [0, 0.1) is 23.2 Å². The van der Waals surface area contributed by atoms with Crippen molar-refractivity contribution in [2.24, 2.45) is 11.7 Å². The predicted octanol–water partition coefficient (Wildman–Crippen LogP) is 1.22. The van der Waals surface area contributed by atoms with E-state index < -0.39 is 6.04 Å². The van der Waals surface area contributed by atoms with Crippen LogP contribution in [-0.2, 0) is 4.79 Å². The summed E-state index contributed by atoms with van der Waals surface area (Å²) in [6, 6.07) is 1.71. The van der Waals surface area contributed by atoms with E-state index in [0.717, 1.165) is 13.1 Å². The van der Waals surface area contributed by atoms with E-state index in [2.05, 4.69) is 11.0 Å². The summed E-state index contributed by atoms with van der Waals surface area (Å²) in [7, 11) is 0. The van der Waals surface area contributed by atoms with Crippen LogP contribution >= 0.6 is 0 Å². The maximum atomic E-state index is 11.4. The Morgan fingerprint density at radius 1 is 1.41 bits per heavy atom. The SMILES string of the molecule is N#C[C]1CCN(CC2CCCCC2)C1C(N)=O. The number of likely N-dealkylation sites (tertiary alicyclic amines) is 1. The van der Waals surface area contributed by atoms with Gasteiger partial charge in [0.1, 0.15) is 12.0 Å². The molecule has 1 amide bonds. The van der Waals surface area contributed by atoms with Gasteiger partial charge in [-0.15, -0.1) is 0 Å². The average molecular weight is 234 g/mol. The number of carbonyl (C=O) groups excluding carboxylic acids is 1. The third kappa shape index (κ3) is 2.78.